The molecule has 0 heterocycles. The van der Waals surface area contributed by atoms with Gasteiger partial charge in [0.25, 0.3) is 0 Å². The summed E-state index contributed by atoms with van der Waals surface area (Å²) in [5.74, 6) is -4.29. The summed E-state index contributed by atoms with van der Waals surface area (Å²) in [6.45, 7) is 1.00. The van der Waals surface area contributed by atoms with Gasteiger partial charge in [-0.05, 0) is 12.0 Å². The third kappa shape index (κ3) is 8.25. The Bertz CT molecular complexity index is 451. The first-order chi connectivity index (χ1) is 8.84. The van der Waals surface area contributed by atoms with Crippen molar-refractivity contribution in [2.24, 2.45) is 0 Å². The molecular formula is C13H14O6. The van der Waals surface area contributed by atoms with Gasteiger partial charge in [-0.2, -0.15) is 0 Å². The quantitative estimate of drug-likeness (QED) is 0.767. The van der Waals surface area contributed by atoms with Crippen molar-refractivity contribution >= 4 is 23.5 Å². The highest BCUT2D eigenvalue weighted by molar-refractivity contribution is 6.32. The van der Waals surface area contributed by atoms with Gasteiger partial charge in [-0.25, -0.2) is 9.59 Å². The number of ketones is 2. The van der Waals surface area contributed by atoms with Crippen LogP contribution in [0.5, 0.6) is 0 Å². The van der Waals surface area contributed by atoms with E-state index in [1.54, 1.807) is 0 Å². The first-order valence-electron chi connectivity index (χ1n) is 5.38. The number of benzene rings is 1. The minimum absolute atomic E-state index is 0.0688. The zero-order chi connectivity index (χ0) is 14.8. The summed E-state index contributed by atoms with van der Waals surface area (Å²) < 4.78 is 0. The molecule has 0 saturated carbocycles. The molecule has 19 heavy (non-hydrogen) atoms. The predicted molar refractivity (Wildman–Crippen MR) is 65.7 cm³/mol. The lowest BCUT2D eigenvalue weighted by Gasteiger charge is -1.97. The number of carboxylic acid groups (broad SMARTS) is 2. The monoisotopic (exact) mass is 266 g/mol. The van der Waals surface area contributed by atoms with Crippen LogP contribution < -0.4 is 0 Å². The predicted octanol–water partition coefficient (Wildman–Crippen LogP) is 0.933. The molecule has 0 aliphatic carbocycles. The number of carbonyl (C=O) groups is 4. The van der Waals surface area contributed by atoms with Crippen LogP contribution in [0.3, 0.4) is 0 Å². The zero-order valence-electron chi connectivity index (χ0n) is 10.3. The van der Waals surface area contributed by atoms with Gasteiger partial charge in [0.05, 0.1) is 0 Å². The average molecular weight is 266 g/mol. The first-order valence-corrected chi connectivity index (χ1v) is 5.38. The number of carbonyl (C=O) groups excluding carboxylic acids is 2. The van der Waals surface area contributed by atoms with Crippen LogP contribution in [-0.2, 0) is 25.6 Å². The molecule has 0 radical (unpaired) electrons. The van der Waals surface area contributed by atoms with Crippen molar-refractivity contribution in [2.45, 2.75) is 19.8 Å². The van der Waals surface area contributed by atoms with E-state index in [0.29, 0.717) is 6.42 Å². The maximum Gasteiger partial charge on any atom is 0.372 e. The van der Waals surface area contributed by atoms with Gasteiger partial charge in [0.15, 0.2) is 0 Å². The summed E-state index contributed by atoms with van der Waals surface area (Å²) in [5, 5.41) is 16.0. The van der Waals surface area contributed by atoms with Gasteiger partial charge < -0.3 is 10.2 Å². The Morgan fingerprint density at radius 3 is 1.79 bits per heavy atom. The summed E-state index contributed by atoms with van der Waals surface area (Å²) in [5.41, 5.74) is 0.983. The largest absolute Gasteiger partial charge is 0.476 e. The lowest BCUT2D eigenvalue weighted by atomic mass is 10.1. The van der Waals surface area contributed by atoms with Gasteiger partial charge in [-0.1, -0.05) is 30.3 Å². The van der Waals surface area contributed by atoms with Gasteiger partial charge >= 0.3 is 11.9 Å². The van der Waals surface area contributed by atoms with Crippen molar-refractivity contribution in [1.82, 2.24) is 0 Å². The summed E-state index contributed by atoms with van der Waals surface area (Å²) in [4.78, 5) is 39.8. The molecule has 1 aromatic rings. The van der Waals surface area contributed by atoms with Crippen LogP contribution in [0, 0.1) is 0 Å². The maximum atomic E-state index is 10.7. The molecule has 0 unspecified atom stereocenters. The maximum absolute atomic E-state index is 10.7. The topological polar surface area (TPSA) is 109 Å². The number of carboxylic acids is 2. The van der Waals surface area contributed by atoms with Crippen LogP contribution in [0.15, 0.2) is 30.3 Å². The number of aliphatic carboxylic acids is 2. The fourth-order valence-electron chi connectivity index (χ4n) is 1.01. The highest BCUT2D eigenvalue weighted by Crippen LogP contribution is 2.02. The first kappa shape index (κ1) is 16.5. The summed E-state index contributed by atoms with van der Waals surface area (Å²) in [7, 11) is 0. The summed E-state index contributed by atoms with van der Waals surface area (Å²) in [6, 6.07) is 9.34. The minimum Gasteiger partial charge on any atom is -0.476 e. The normalized spacial score (nSPS) is 8.89. The van der Waals surface area contributed by atoms with Crippen molar-refractivity contribution in [3.8, 4) is 0 Å². The standard InChI is InChI=1S/C10H10O3.C3H4O3/c11-9(10(12)13)7-6-8-4-2-1-3-5-8;1-2(4)3(5)6/h1-5H,6-7H2,(H,12,13);1H3,(H,5,6). The Morgan fingerprint density at radius 2 is 1.42 bits per heavy atom. The highest BCUT2D eigenvalue weighted by Gasteiger charge is 2.10. The van der Waals surface area contributed by atoms with E-state index in [9.17, 15) is 19.2 Å². The van der Waals surface area contributed by atoms with Crippen LogP contribution in [0.4, 0.5) is 0 Å². The second kappa shape index (κ2) is 8.57. The molecule has 6 heteroatoms. The molecule has 0 aliphatic rings. The minimum atomic E-state index is -1.38. The van der Waals surface area contributed by atoms with E-state index in [1.807, 2.05) is 30.3 Å². The molecule has 0 aliphatic heterocycles. The van der Waals surface area contributed by atoms with Gasteiger partial charge in [0, 0.05) is 13.3 Å². The molecule has 0 aromatic heterocycles. The Balaban J connectivity index is 0.000000459. The van der Waals surface area contributed by atoms with Crippen LogP contribution in [0.2, 0.25) is 0 Å². The lowest BCUT2D eigenvalue weighted by molar-refractivity contribution is -0.149. The van der Waals surface area contributed by atoms with Gasteiger partial charge in [-0.15, -0.1) is 0 Å². The molecular weight excluding hydrogens is 252 g/mol. The van der Waals surface area contributed by atoms with E-state index in [0.717, 1.165) is 12.5 Å². The van der Waals surface area contributed by atoms with Gasteiger partial charge in [-0.3, -0.25) is 9.59 Å². The van der Waals surface area contributed by atoms with Crippen LogP contribution in [-0.4, -0.2) is 33.7 Å². The molecule has 2 N–H and O–H groups in total. The second-order valence-corrected chi connectivity index (χ2v) is 3.58. The Morgan fingerprint density at radius 1 is 0.947 bits per heavy atom. The molecule has 0 amide bonds. The Hall–Kier alpha value is -2.50. The number of hydrogen-bond donors (Lipinski definition) is 2. The Labute approximate surface area is 109 Å². The smallest absolute Gasteiger partial charge is 0.372 e. The Kier molecular flexibility index (Phi) is 7.44. The average Bonchev–Trinajstić information content (AvgIpc) is 2.37. The van der Waals surface area contributed by atoms with Gasteiger partial charge in [0.1, 0.15) is 0 Å². The lowest BCUT2D eigenvalue weighted by Crippen LogP contribution is -2.12. The van der Waals surface area contributed by atoms with Crippen molar-refractivity contribution in [2.75, 3.05) is 0 Å². The van der Waals surface area contributed by atoms with E-state index < -0.39 is 23.5 Å². The summed E-state index contributed by atoms with van der Waals surface area (Å²) in [6.07, 6.45) is 0.561. The van der Waals surface area contributed by atoms with E-state index in [-0.39, 0.29) is 6.42 Å². The van der Waals surface area contributed by atoms with Crippen molar-refractivity contribution in [3.05, 3.63) is 35.9 Å². The zero-order valence-corrected chi connectivity index (χ0v) is 10.3. The molecule has 102 valence electrons. The van der Waals surface area contributed by atoms with Crippen molar-refractivity contribution in [3.63, 3.8) is 0 Å². The van der Waals surface area contributed by atoms with E-state index in [2.05, 4.69) is 0 Å². The number of hydrogen-bond acceptors (Lipinski definition) is 4. The molecule has 1 rings (SSSR count). The fraction of sp³-hybridized carbons (Fsp3) is 0.231. The van der Waals surface area contributed by atoms with Crippen molar-refractivity contribution in [1.29, 1.82) is 0 Å². The van der Waals surface area contributed by atoms with Crippen LogP contribution in [0.1, 0.15) is 18.9 Å². The van der Waals surface area contributed by atoms with E-state index in [1.165, 1.54) is 0 Å². The highest BCUT2D eigenvalue weighted by atomic mass is 16.4. The molecule has 0 atom stereocenters. The molecule has 6 nitrogen and oxygen atoms in total. The number of rotatable bonds is 5. The third-order valence-corrected chi connectivity index (χ3v) is 2.02. The van der Waals surface area contributed by atoms with E-state index >= 15 is 0 Å². The van der Waals surface area contributed by atoms with E-state index in [4.69, 9.17) is 10.2 Å². The SMILES string of the molecule is CC(=O)C(=O)O.O=C(O)C(=O)CCc1ccccc1. The molecule has 1 aromatic carbocycles. The third-order valence-electron chi connectivity index (χ3n) is 2.02. The van der Waals surface area contributed by atoms with Crippen molar-refractivity contribution < 1.29 is 29.4 Å². The molecule has 0 bridgehead atoms. The molecule has 0 spiro atoms. The number of Topliss-reactive ketones (excluding diaryl/α,β-unsaturated/α-hetero) is 2. The fourth-order valence-corrected chi connectivity index (χ4v) is 1.01. The number of aryl methyl sites for hydroxylation is 1. The van der Waals surface area contributed by atoms with Crippen LogP contribution >= 0.6 is 0 Å². The molecule has 0 fully saturated rings. The summed E-state index contributed by atoms with van der Waals surface area (Å²) >= 11 is 0. The second-order valence-electron chi connectivity index (χ2n) is 3.58. The molecule has 0 saturated heterocycles. The van der Waals surface area contributed by atoms with Crippen LogP contribution in [0.25, 0.3) is 0 Å². The van der Waals surface area contributed by atoms with Gasteiger partial charge in [0.2, 0.25) is 11.6 Å².